The summed E-state index contributed by atoms with van der Waals surface area (Å²) in [5.41, 5.74) is 2.24. The molecule has 1 amide bonds. The van der Waals surface area contributed by atoms with Gasteiger partial charge >= 0.3 is 0 Å². The lowest BCUT2D eigenvalue weighted by Gasteiger charge is -2.08. The lowest BCUT2D eigenvalue weighted by molar-refractivity contribution is -0.114. The van der Waals surface area contributed by atoms with Crippen molar-refractivity contribution < 1.29 is 9.18 Å². The molecule has 0 heterocycles. The lowest BCUT2D eigenvalue weighted by atomic mass is 10.2. The molecule has 106 valence electrons. The van der Waals surface area contributed by atoms with E-state index in [1.807, 2.05) is 6.07 Å². The number of benzene rings is 2. The standard InChI is InChI=1S/C16H14FN3O/c1-11-2-5-14(8-15(11)17)20-16(21)10-19-13-6-3-12(9-18)4-7-13/h2-8,19H,10H2,1H3,(H,20,21). The van der Waals surface area contributed by atoms with Crippen LogP contribution < -0.4 is 10.6 Å². The Kier molecular flexibility index (Phi) is 4.52. The van der Waals surface area contributed by atoms with Crippen LogP contribution in [0.15, 0.2) is 42.5 Å². The summed E-state index contributed by atoms with van der Waals surface area (Å²) < 4.78 is 13.4. The molecule has 2 aromatic carbocycles. The fourth-order valence-electron chi connectivity index (χ4n) is 1.72. The molecular formula is C16H14FN3O. The average molecular weight is 283 g/mol. The van der Waals surface area contributed by atoms with Gasteiger partial charge in [-0.05, 0) is 48.9 Å². The molecule has 2 rings (SSSR count). The molecule has 0 saturated carbocycles. The number of nitriles is 1. The van der Waals surface area contributed by atoms with Crippen LogP contribution >= 0.6 is 0 Å². The van der Waals surface area contributed by atoms with E-state index in [1.54, 1.807) is 43.3 Å². The number of hydrogen-bond donors (Lipinski definition) is 2. The molecule has 0 saturated heterocycles. The zero-order chi connectivity index (χ0) is 15.2. The monoisotopic (exact) mass is 283 g/mol. The van der Waals surface area contributed by atoms with Gasteiger partial charge in [0, 0.05) is 11.4 Å². The summed E-state index contributed by atoms with van der Waals surface area (Å²) >= 11 is 0. The summed E-state index contributed by atoms with van der Waals surface area (Å²) in [5.74, 6) is -0.629. The predicted molar refractivity (Wildman–Crippen MR) is 79.4 cm³/mol. The maximum absolute atomic E-state index is 13.4. The Labute approximate surface area is 122 Å². The summed E-state index contributed by atoms with van der Waals surface area (Å²) in [7, 11) is 0. The maximum Gasteiger partial charge on any atom is 0.243 e. The number of carbonyl (C=O) groups excluding carboxylic acids is 1. The first-order valence-electron chi connectivity index (χ1n) is 6.38. The van der Waals surface area contributed by atoms with Crippen LogP contribution in [0.5, 0.6) is 0 Å². The number of carbonyl (C=O) groups is 1. The Bertz CT molecular complexity index is 690. The van der Waals surface area contributed by atoms with Crippen LogP contribution in [0.4, 0.5) is 15.8 Å². The van der Waals surface area contributed by atoms with Gasteiger partial charge in [0.2, 0.25) is 5.91 Å². The number of nitrogens with zero attached hydrogens (tertiary/aromatic N) is 1. The Balaban J connectivity index is 1.89. The van der Waals surface area contributed by atoms with E-state index in [2.05, 4.69) is 10.6 Å². The minimum atomic E-state index is -0.354. The summed E-state index contributed by atoms with van der Waals surface area (Å²) in [4.78, 5) is 11.8. The van der Waals surface area contributed by atoms with Crippen LogP contribution in [0, 0.1) is 24.1 Å². The van der Waals surface area contributed by atoms with Gasteiger partial charge in [0.05, 0.1) is 18.2 Å². The highest BCUT2D eigenvalue weighted by molar-refractivity contribution is 5.93. The third-order valence-corrected chi connectivity index (χ3v) is 2.92. The summed E-state index contributed by atoms with van der Waals surface area (Å²) in [6, 6.07) is 13.3. The van der Waals surface area contributed by atoms with Crippen LogP contribution in [0.25, 0.3) is 0 Å². The Morgan fingerprint density at radius 1 is 1.19 bits per heavy atom. The lowest BCUT2D eigenvalue weighted by Crippen LogP contribution is -2.21. The molecule has 0 aliphatic heterocycles. The molecule has 0 bridgehead atoms. The molecular weight excluding hydrogens is 269 g/mol. The van der Waals surface area contributed by atoms with Gasteiger partial charge in [-0.2, -0.15) is 5.26 Å². The van der Waals surface area contributed by atoms with Crippen molar-refractivity contribution >= 4 is 17.3 Å². The van der Waals surface area contributed by atoms with Crippen LogP contribution in [0.2, 0.25) is 0 Å². The summed E-state index contributed by atoms with van der Waals surface area (Å²) in [6.45, 7) is 1.72. The van der Waals surface area contributed by atoms with Crippen molar-refractivity contribution in [3.63, 3.8) is 0 Å². The normalized spacial score (nSPS) is 9.76. The third kappa shape index (κ3) is 4.05. The molecule has 2 aromatic rings. The zero-order valence-electron chi connectivity index (χ0n) is 11.5. The Hall–Kier alpha value is -2.87. The maximum atomic E-state index is 13.4. The molecule has 0 aliphatic carbocycles. The molecule has 0 atom stereocenters. The first-order chi connectivity index (χ1) is 10.1. The van der Waals surface area contributed by atoms with E-state index in [9.17, 15) is 9.18 Å². The number of rotatable bonds is 4. The highest BCUT2D eigenvalue weighted by atomic mass is 19.1. The van der Waals surface area contributed by atoms with Crippen molar-refractivity contribution in [1.82, 2.24) is 0 Å². The molecule has 4 nitrogen and oxygen atoms in total. The van der Waals surface area contributed by atoms with E-state index in [4.69, 9.17) is 5.26 Å². The molecule has 0 fully saturated rings. The van der Waals surface area contributed by atoms with Crippen LogP contribution in [0.3, 0.4) is 0 Å². The minimum Gasteiger partial charge on any atom is -0.376 e. The van der Waals surface area contributed by atoms with Gasteiger partial charge in [-0.15, -0.1) is 0 Å². The molecule has 0 aliphatic rings. The Morgan fingerprint density at radius 2 is 1.86 bits per heavy atom. The van der Waals surface area contributed by atoms with Gasteiger partial charge in [0.25, 0.3) is 0 Å². The van der Waals surface area contributed by atoms with Crippen molar-refractivity contribution in [3.8, 4) is 6.07 Å². The van der Waals surface area contributed by atoms with Crippen molar-refractivity contribution in [2.75, 3.05) is 17.2 Å². The SMILES string of the molecule is Cc1ccc(NC(=O)CNc2ccc(C#N)cc2)cc1F. The molecule has 0 radical (unpaired) electrons. The molecule has 2 N–H and O–H groups in total. The highest BCUT2D eigenvalue weighted by Gasteiger charge is 2.04. The number of nitrogens with one attached hydrogen (secondary N) is 2. The Morgan fingerprint density at radius 3 is 2.48 bits per heavy atom. The van der Waals surface area contributed by atoms with Crippen LogP contribution in [-0.2, 0) is 4.79 Å². The van der Waals surface area contributed by atoms with Gasteiger partial charge in [-0.3, -0.25) is 4.79 Å². The van der Waals surface area contributed by atoms with Crippen molar-refractivity contribution in [3.05, 3.63) is 59.4 Å². The van der Waals surface area contributed by atoms with Gasteiger partial charge in [-0.25, -0.2) is 4.39 Å². The van der Waals surface area contributed by atoms with E-state index < -0.39 is 0 Å². The molecule has 0 spiro atoms. The number of hydrogen-bond acceptors (Lipinski definition) is 3. The summed E-state index contributed by atoms with van der Waals surface area (Å²) in [6.07, 6.45) is 0. The van der Waals surface area contributed by atoms with Gasteiger partial charge < -0.3 is 10.6 Å². The molecule has 21 heavy (non-hydrogen) atoms. The fourth-order valence-corrected chi connectivity index (χ4v) is 1.72. The van der Waals surface area contributed by atoms with Gasteiger partial charge in [0.15, 0.2) is 0 Å². The highest BCUT2D eigenvalue weighted by Crippen LogP contribution is 2.13. The summed E-state index contributed by atoms with van der Waals surface area (Å²) in [5, 5.41) is 14.2. The quantitative estimate of drug-likeness (QED) is 0.906. The van der Waals surface area contributed by atoms with Crippen molar-refractivity contribution in [2.45, 2.75) is 6.92 Å². The number of amides is 1. The van der Waals surface area contributed by atoms with Crippen molar-refractivity contribution in [1.29, 1.82) is 5.26 Å². The van der Waals surface area contributed by atoms with E-state index in [0.29, 0.717) is 16.8 Å². The third-order valence-electron chi connectivity index (χ3n) is 2.92. The van der Waals surface area contributed by atoms with Crippen molar-refractivity contribution in [2.24, 2.45) is 0 Å². The molecule has 0 aromatic heterocycles. The molecule has 0 unspecified atom stereocenters. The molecule has 5 heteroatoms. The number of aryl methyl sites for hydroxylation is 1. The van der Waals surface area contributed by atoms with Gasteiger partial charge in [0.1, 0.15) is 5.82 Å². The minimum absolute atomic E-state index is 0.0569. The second kappa shape index (κ2) is 6.53. The second-order valence-corrected chi connectivity index (χ2v) is 4.55. The van der Waals surface area contributed by atoms with E-state index in [1.165, 1.54) is 6.07 Å². The topological polar surface area (TPSA) is 64.9 Å². The van der Waals surface area contributed by atoms with Crippen LogP contribution in [0.1, 0.15) is 11.1 Å². The van der Waals surface area contributed by atoms with E-state index in [-0.39, 0.29) is 18.3 Å². The van der Waals surface area contributed by atoms with Gasteiger partial charge in [-0.1, -0.05) is 6.07 Å². The fraction of sp³-hybridized carbons (Fsp3) is 0.125. The number of halogens is 1. The smallest absolute Gasteiger partial charge is 0.243 e. The first kappa shape index (κ1) is 14.5. The largest absolute Gasteiger partial charge is 0.376 e. The first-order valence-corrected chi connectivity index (χ1v) is 6.38. The average Bonchev–Trinajstić information content (AvgIpc) is 2.49. The predicted octanol–water partition coefficient (Wildman–Crippen LogP) is 3.06. The van der Waals surface area contributed by atoms with Crippen LogP contribution in [-0.4, -0.2) is 12.5 Å². The van der Waals surface area contributed by atoms with E-state index >= 15 is 0 Å². The van der Waals surface area contributed by atoms with E-state index in [0.717, 1.165) is 5.69 Å². The second-order valence-electron chi connectivity index (χ2n) is 4.55. The number of anilines is 2. The zero-order valence-corrected chi connectivity index (χ0v) is 11.5.